The number of hydrogen-bond donors (Lipinski definition) is 0. The van der Waals surface area contributed by atoms with E-state index < -0.39 is 0 Å². The highest BCUT2D eigenvalue weighted by Crippen LogP contribution is 2.30. The number of rotatable bonds is 5. The largest absolute Gasteiger partial charge is 0.496 e. The van der Waals surface area contributed by atoms with Crippen LogP contribution in [0.4, 0.5) is 0 Å². The van der Waals surface area contributed by atoms with E-state index in [2.05, 4.69) is 0 Å². The van der Waals surface area contributed by atoms with Crippen molar-refractivity contribution in [1.29, 1.82) is 0 Å². The average molecular weight is 293 g/mol. The molecule has 0 bridgehead atoms. The summed E-state index contributed by atoms with van der Waals surface area (Å²) in [6, 6.07) is 13.1. The Hall–Kier alpha value is -1.45. The van der Waals surface area contributed by atoms with Gasteiger partial charge in [-0.1, -0.05) is 23.7 Å². The number of methoxy groups -OCH3 is 1. The number of aldehydes is 1. The Morgan fingerprint density at radius 3 is 2.58 bits per heavy atom. The fourth-order valence-electron chi connectivity index (χ4n) is 1.66. The minimum Gasteiger partial charge on any atom is -0.496 e. The first-order chi connectivity index (χ1) is 9.22. The lowest BCUT2D eigenvalue weighted by Gasteiger charge is -2.08. The van der Waals surface area contributed by atoms with E-state index in [0.29, 0.717) is 10.6 Å². The van der Waals surface area contributed by atoms with Gasteiger partial charge < -0.3 is 4.74 Å². The van der Waals surface area contributed by atoms with Crippen molar-refractivity contribution in [1.82, 2.24) is 0 Å². The second kappa shape index (κ2) is 6.64. The third-order valence-corrected chi connectivity index (χ3v) is 3.95. The van der Waals surface area contributed by atoms with Crippen LogP contribution in [0.3, 0.4) is 0 Å². The van der Waals surface area contributed by atoms with Crippen molar-refractivity contribution in [3.05, 3.63) is 58.6 Å². The lowest BCUT2D eigenvalue weighted by atomic mass is 10.2. The monoisotopic (exact) mass is 292 g/mol. The van der Waals surface area contributed by atoms with Crippen LogP contribution in [0.15, 0.2) is 47.4 Å². The maximum absolute atomic E-state index is 10.6. The fraction of sp³-hybridized carbons (Fsp3) is 0.133. The van der Waals surface area contributed by atoms with Gasteiger partial charge in [-0.3, -0.25) is 4.79 Å². The van der Waals surface area contributed by atoms with Gasteiger partial charge in [0.2, 0.25) is 0 Å². The smallest absolute Gasteiger partial charge is 0.150 e. The third-order valence-electron chi connectivity index (χ3n) is 2.65. The van der Waals surface area contributed by atoms with Crippen LogP contribution in [0.5, 0.6) is 5.75 Å². The van der Waals surface area contributed by atoms with Crippen LogP contribution in [-0.2, 0) is 5.75 Å². The first-order valence-corrected chi connectivity index (χ1v) is 7.10. The zero-order valence-corrected chi connectivity index (χ0v) is 12.0. The summed E-state index contributed by atoms with van der Waals surface area (Å²) in [6.45, 7) is 0. The molecule has 0 amide bonds. The summed E-state index contributed by atoms with van der Waals surface area (Å²) in [5.41, 5.74) is 1.74. The summed E-state index contributed by atoms with van der Waals surface area (Å²) in [5.74, 6) is 1.60. The molecule has 0 aromatic heterocycles. The molecule has 0 spiro atoms. The lowest BCUT2D eigenvalue weighted by Crippen LogP contribution is -1.90. The van der Waals surface area contributed by atoms with E-state index in [4.69, 9.17) is 16.3 Å². The molecule has 4 heteroatoms. The van der Waals surface area contributed by atoms with Gasteiger partial charge in [-0.05, 0) is 30.3 Å². The summed E-state index contributed by atoms with van der Waals surface area (Å²) < 4.78 is 5.31. The second-order valence-electron chi connectivity index (χ2n) is 3.93. The van der Waals surface area contributed by atoms with E-state index in [0.717, 1.165) is 28.2 Å². The van der Waals surface area contributed by atoms with Gasteiger partial charge in [0.15, 0.2) is 0 Å². The van der Waals surface area contributed by atoms with Gasteiger partial charge in [0.1, 0.15) is 12.0 Å². The standard InChI is InChI=1S/C15H13ClO2S/c1-18-15-7-4-13(16)8-12(15)10-19-14-5-2-11(9-17)3-6-14/h2-9H,10H2,1H3. The van der Waals surface area contributed by atoms with Crippen molar-refractivity contribution in [2.75, 3.05) is 7.11 Å². The molecule has 0 N–H and O–H groups in total. The highest BCUT2D eigenvalue weighted by Gasteiger charge is 2.05. The molecular formula is C15H13ClO2S. The van der Waals surface area contributed by atoms with E-state index in [-0.39, 0.29) is 0 Å². The molecule has 98 valence electrons. The highest BCUT2D eigenvalue weighted by molar-refractivity contribution is 7.98. The third kappa shape index (κ3) is 3.75. The predicted molar refractivity (Wildman–Crippen MR) is 79.4 cm³/mol. The van der Waals surface area contributed by atoms with Crippen molar-refractivity contribution >= 4 is 29.6 Å². The van der Waals surface area contributed by atoms with Crippen molar-refractivity contribution in [3.63, 3.8) is 0 Å². The number of benzene rings is 2. The SMILES string of the molecule is COc1ccc(Cl)cc1CSc1ccc(C=O)cc1. The van der Waals surface area contributed by atoms with Crippen LogP contribution < -0.4 is 4.74 Å². The topological polar surface area (TPSA) is 26.3 Å². The summed E-state index contributed by atoms with van der Waals surface area (Å²) in [7, 11) is 1.65. The zero-order valence-electron chi connectivity index (χ0n) is 10.4. The maximum atomic E-state index is 10.6. The molecule has 0 aliphatic rings. The normalized spacial score (nSPS) is 10.2. The number of halogens is 1. The Kier molecular flexibility index (Phi) is 4.88. The molecule has 0 radical (unpaired) electrons. The Labute approximate surface area is 121 Å². The zero-order chi connectivity index (χ0) is 13.7. The quantitative estimate of drug-likeness (QED) is 0.601. The van der Waals surface area contributed by atoms with Gasteiger partial charge >= 0.3 is 0 Å². The van der Waals surface area contributed by atoms with Crippen molar-refractivity contribution in [2.24, 2.45) is 0 Å². The van der Waals surface area contributed by atoms with Gasteiger partial charge in [0.05, 0.1) is 7.11 Å². The van der Waals surface area contributed by atoms with Crippen molar-refractivity contribution in [3.8, 4) is 5.75 Å². The highest BCUT2D eigenvalue weighted by atomic mass is 35.5. The molecule has 2 nitrogen and oxygen atoms in total. The van der Waals surface area contributed by atoms with Gasteiger partial charge in [-0.25, -0.2) is 0 Å². The van der Waals surface area contributed by atoms with E-state index in [1.165, 1.54) is 0 Å². The Bertz CT molecular complexity index is 567. The van der Waals surface area contributed by atoms with Crippen LogP contribution >= 0.6 is 23.4 Å². The first kappa shape index (κ1) is 14.0. The van der Waals surface area contributed by atoms with E-state index in [1.54, 1.807) is 18.9 Å². The minimum absolute atomic E-state index is 0.685. The molecule has 0 heterocycles. The molecule has 0 saturated carbocycles. The number of carbonyl (C=O) groups is 1. The van der Waals surface area contributed by atoms with Gasteiger partial charge in [-0.2, -0.15) is 0 Å². The summed E-state index contributed by atoms with van der Waals surface area (Å²) in [4.78, 5) is 11.7. The summed E-state index contributed by atoms with van der Waals surface area (Å²) >= 11 is 7.67. The molecule has 0 atom stereocenters. The van der Waals surface area contributed by atoms with Crippen molar-refractivity contribution in [2.45, 2.75) is 10.6 Å². The molecule has 0 saturated heterocycles. The molecular weight excluding hydrogens is 280 g/mol. The maximum Gasteiger partial charge on any atom is 0.150 e. The first-order valence-electron chi connectivity index (χ1n) is 5.73. The molecule has 0 fully saturated rings. The Balaban J connectivity index is 2.09. The van der Waals surface area contributed by atoms with Crippen LogP contribution in [0.25, 0.3) is 0 Å². The lowest BCUT2D eigenvalue weighted by molar-refractivity contribution is 0.112. The molecule has 19 heavy (non-hydrogen) atoms. The average Bonchev–Trinajstić information content (AvgIpc) is 2.46. The molecule has 0 aliphatic heterocycles. The number of thioether (sulfide) groups is 1. The van der Waals surface area contributed by atoms with Crippen LogP contribution in [0, 0.1) is 0 Å². The van der Waals surface area contributed by atoms with E-state index >= 15 is 0 Å². The van der Waals surface area contributed by atoms with Crippen LogP contribution in [-0.4, -0.2) is 13.4 Å². The predicted octanol–water partition coefficient (Wildman–Crippen LogP) is 4.45. The van der Waals surface area contributed by atoms with Gasteiger partial charge in [-0.15, -0.1) is 11.8 Å². The molecule has 2 aromatic carbocycles. The number of ether oxygens (including phenoxy) is 1. The number of carbonyl (C=O) groups excluding carboxylic acids is 1. The van der Waals surface area contributed by atoms with E-state index in [9.17, 15) is 4.79 Å². The Morgan fingerprint density at radius 2 is 1.95 bits per heavy atom. The second-order valence-corrected chi connectivity index (χ2v) is 5.42. The van der Waals surface area contributed by atoms with Gasteiger partial charge in [0, 0.05) is 26.8 Å². The molecule has 2 aromatic rings. The number of hydrogen-bond acceptors (Lipinski definition) is 3. The van der Waals surface area contributed by atoms with Crippen LogP contribution in [0.1, 0.15) is 15.9 Å². The molecule has 0 unspecified atom stereocenters. The van der Waals surface area contributed by atoms with Crippen LogP contribution in [0.2, 0.25) is 5.02 Å². The molecule has 2 rings (SSSR count). The summed E-state index contributed by atoms with van der Waals surface area (Å²) in [5, 5.41) is 0.702. The van der Waals surface area contributed by atoms with Crippen molar-refractivity contribution < 1.29 is 9.53 Å². The van der Waals surface area contributed by atoms with Gasteiger partial charge in [0.25, 0.3) is 0 Å². The summed E-state index contributed by atoms with van der Waals surface area (Å²) in [6.07, 6.45) is 0.842. The molecule has 0 aliphatic carbocycles. The van der Waals surface area contributed by atoms with E-state index in [1.807, 2.05) is 42.5 Å². The minimum atomic E-state index is 0.685. The fourth-order valence-corrected chi connectivity index (χ4v) is 2.73. The Morgan fingerprint density at radius 1 is 1.21 bits per heavy atom.